The normalized spacial score (nSPS) is 17.0. The van der Waals surface area contributed by atoms with Crippen molar-refractivity contribution in [3.05, 3.63) is 64.8 Å². The zero-order valence-corrected chi connectivity index (χ0v) is 13.4. The second kappa shape index (κ2) is 6.05. The van der Waals surface area contributed by atoms with Crippen molar-refractivity contribution in [3.63, 3.8) is 0 Å². The Hall–Kier alpha value is -2.73. The van der Waals surface area contributed by atoms with E-state index in [4.69, 9.17) is 11.6 Å². The van der Waals surface area contributed by atoms with Crippen molar-refractivity contribution in [1.82, 2.24) is 25.3 Å². The van der Waals surface area contributed by atoms with Crippen LogP contribution in [0.3, 0.4) is 0 Å². The molecule has 120 valence electrons. The molecule has 4 rings (SSSR count). The van der Waals surface area contributed by atoms with E-state index in [0.29, 0.717) is 35.2 Å². The number of hydrogen-bond donors (Lipinski definition) is 2. The third-order valence-electron chi connectivity index (χ3n) is 4.12. The molecule has 0 aliphatic carbocycles. The molecule has 1 aliphatic rings. The minimum atomic E-state index is -0.169. The Balaban J connectivity index is 1.69. The summed E-state index contributed by atoms with van der Waals surface area (Å²) in [5.74, 6) is 0.568. The summed E-state index contributed by atoms with van der Waals surface area (Å²) < 4.78 is 0. The summed E-state index contributed by atoms with van der Waals surface area (Å²) in [7, 11) is 0. The average molecular weight is 340 g/mol. The third kappa shape index (κ3) is 2.76. The van der Waals surface area contributed by atoms with Gasteiger partial charge in [-0.2, -0.15) is 0 Å². The number of aromatic nitrogens is 4. The maximum absolute atomic E-state index is 12.3. The Bertz CT molecular complexity index is 876. The first-order valence-electron chi connectivity index (χ1n) is 7.59. The van der Waals surface area contributed by atoms with E-state index in [1.165, 1.54) is 6.33 Å². The highest BCUT2D eigenvalue weighted by atomic mass is 35.5. The van der Waals surface area contributed by atoms with Crippen molar-refractivity contribution >= 4 is 17.5 Å². The molecule has 1 amide bonds. The van der Waals surface area contributed by atoms with Crippen LogP contribution in [0.25, 0.3) is 11.5 Å². The van der Waals surface area contributed by atoms with Crippen LogP contribution in [0.5, 0.6) is 0 Å². The number of halogens is 1. The van der Waals surface area contributed by atoms with Gasteiger partial charge in [0.05, 0.1) is 0 Å². The second-order valence-electron chi connectivity index (χ2n) is 5.67. The SMILES string of the molecule is O=C1NCC(c2ccc(Cl)cc2)Cc2[nH]c(-c3ccncn3)nc21. The van der Waals surface area contributed by atoms with E-state index in [-0.39, 0.29) is 11.8 Å². The number of H-pyrrole nitrogens is 1. The molecule has 0 spiro atoms. The first kappa shape index (κ1) is 14.8. The molecule has 1 aliphatic heterocycles. The number of carbonyl (C=O) groups is 1. The lowest BCUT2D eigenvalue weighted by molar-refractivity contribution is 0.0950. The highest BCUT2D eigenvalue weighted by Gasteiger charge is 2.26. The number of carbonyl (C=O) groups excluding carboxylic acids is 1. The molecule has 0 saturated heterocycles. The summed E-state index contributed by atoms with van der Waals surface area (Å²) in [6, 6.07) is 9.47. The van der Waals surface area contributed by atoms with E-state index in [1.807, 2.05) is 24.3 Å². The molecule has 0 radical (unpaired) electrons. The van der Waals surface area contributed by atoms with Crippen LogP contribution in [-0.4, -0.2) is 32.4 Å². The summed E-state index contributed by atoms with van der Waals surface area (Å²) in [4.78, 5) is 28.1. The van der Waals surface area contributed by atoms with E-state index in [9.17, 15) is 4.79 Å². The molecule has 6 nitrogen and oxygen atoms in total. The van der Waals surface area contributed by atoms with Gasteiger partial charge < -0.3 is 10.3 Å². The topological polar surface area (TPSA) is 83.6 Å². The number of nitrogens with zero attached hydrogens (tertiary/aromatic N) is 3. The molecule has 3 aromatic rings. The van der Waals surface area contributed by atoms with Gasteiger partial charge in [-0.05, 0) is 30.2 Å². The number of hydrogen-bond acceptors (Lipinski definition) is 4. The van der Waals surface area contributed by atoms with Gasteiger partial charge in [0.1, 0.15) is 17.7 Å². The molecule has 1 unspecified atom stereocenters. The van der Waals surface area contributed by atoms with Gasteiger partial charge in [0.2, 0.25) is 0 Å². The average Bonchev–Trinajstić information content (AvgIpc) is 2.97. The van der Waals surface area contributed by atoms with Crippen molar-refractivity contribution < 1.29 is 4.79 Å². The molecule has 2 aromatic heterocycles. The molecule has 2 N–H and O–H groups in total. The van der Waals surface area contributed by atoms with Crippen LogP contribution < -0.4 is 5.32 Å². The fourth-order valence-corrected chi connectivity index (χ4v) is 3.01. The predicted octanol–water partition coefficient (Wildman–Crippen LogP) is 2.59. The van der Waals surface area contributed by atoms with Crippen LogP contribution in [0.1, 0.15) is 27.7 Å². The van der Waals surface area contributed by atoms with Crippen molar-refractivity contribution in [1.29, 1.82) is 0 Å². The quantitative estimate of drug-likeness (QED) is 0.751. The third-order valence-corrected chi connectivity index (χ3v) is 4.37. The lowest BCUT2D eigenvalue weighted by Crippen LogP contribution is -2.26. The standard InChI is InChI=1S/C17H14ClN5O/c18-12-3-1-10(2-4-12)11-7-14-15(17(24)20-8-11)23-16(22-14)13-5-6-19-9-21-13/h1-6,9,11H,7-8H2,(H,20,24)(H,22,23). The molecule has 24 heavy (non-hydrogen) atoms. The Labute approximate surface area is 143 Å². The van der Waals surface area contributed by atoms with Crippen LogP contribution in [0, 0.1) is 0 Å². The Morgan fingerprint density at radius 2 is 2.00 bits per heavy atom. The molecule has 3 heterocycles. The van der Waals surface area contributed by atoms with Crippen molar-refractivity contribution in [2.75, 3.05) is 6.54 Å². The molecular weight excluding hydrogens is 326 g/mol. The molecule has 1 aromatic carbocycles. The van der Waals surface area contributed by atoms with Crippen LogP contribution >= 0.6 is 11.6 Å². The van der Waals surface area contributed by atoms with E-state index in [1.54, 1.807) is 12.3 Å². The summed E-state index contributed by atoms with van der Waals surface area (Å²) >= 11 is 5.96. The maximum Gasteiger partial charge on any atom is 0.271 e. The zero-order valence-electron chi connectivity index (χ0n) is 12.7. The Morgan fingerprint density at radius 3 is 2.75 bits per heavy atom. The zero-order chi connectivity index (χ0) is 16.5. The highest BCUT2D eigenvalue weighted by molar-refractivity contribution is 6.30. The summed E-state index contributed by atoms with van der Waals surface area (Å²) in [6.07, 6.45) is 3.79. The van der Waals surface area contributed by atoms with Crippen molar-refractivity contribution in [2.45, 2.75) is 12.3 Å². The van der Waals surface area contributed by atoms with E-state index in [0.717, 1.165) is 11.3 Å². The molecule has 1 atom stereocenters. The minimum Gasteiger partial charge on any atom is -0.350 e. The van der Waals surface area contributed by atoms with Gasteiger partial charge in [-0.25, -0.2) is 15.0 Å². The monoisotopic (exact) mass is 339 g/mol. The van der Waals surface area contributed by atoms with Gasteiger partial charge in [-0.3, -0.25) is 4.79 Å². The summed E-state index contributed by atoms with van der Waals surface area (Å²) in [5, 5.41) is 3.64. The van der Waals surface area contributed by atoms with Crippen LogP contribution in [0.15, 0.2) is 42.9 Å². The number of imidazole rings is 1. The largest absolute Gasteiger partial charge is 0.350 e. The lowest BCUT2D eigenvalue weighted by atomic mass is 9.94. The van der Waals surface area contributed by atoms with Gasteiger partial charge in [0.15, 0.2) is 5.82 Å². The van der Waals surface area contributed by atoms with Crippen LogP contribution in [0.2, 0.25) is 5.02 Å². The molecule has 0 saturated carbocycles. The Morgan fingerprint density at radius 1 is 1.17 bits per heavy atom. The van der Waals surface area contributed by atoms with Crippen molar-refractivity contribution in [2.24, 2.45) is 0 Å². The van der Waals surface area contributed by atoms with Gasteiger partial charge >= 0.3 is 0 Å². The van der Waals surface area contributed by atoms with E-state index >= 15 is 0 Å². The fraction of sp³-hybridized carbons (Fsp3) is 0.176. The molecular formula is C17H14ClN5O. The smallest absolute Gasteiger partial charge is 0.271 e. The molecule has 0 bridgehead atoms. The first-order valence-corrected chi connectivity index (χ1v) is 7.97. The number of nitrogens with one attached hydrogen (secondary N) is 2. The Kier molecular flexibility index (Phi) is 3.74. The van der Waals surface area contributed by atoms with Crippen LogP contribution in [0.4, 0.5) is 0 Å². The molecule has 7 heteroatoms. The number of benzene rings is 1. The highest BCUT2D eigenvalue weighted by Crippen LogP contribution is 2.27. The number of rotatable bonds is 2. The lowest BCUT2D eigenvalue weighted by Gasteiger charge is -2.14. The number of fused-ring (bicyclic) bond motifs is 1. The van der Waals surface area contributed by atoms with Gasteiger partial charge in [-0.1, -0.05) is 23.7 Å². The first-order chi connectivity index (χ1) is 11.7. The summed E-state index contributed by atoms with van der Waals surface area (Å²) in [6.45, 7) is 0.563. The second-order valence-corrected chi connectivity index (χ2v) is 6.11. The molecule has 0 fully saturated rings. The summed E-state index contributed by atoms with van der Waals surface area (Å²) in [5.41, 5.74) is 3.04. The van der Waals surface area contributed by atoms with E-state index < -0.39 is 0 Å². The van der Waals surface area contributed by atoms with Gasteiger partial charge in [0.25, 0.3) is 5.91 Å². The van der Waals surface area contributed by atoms with Gasteiger partial charge in [-0.15, -0.1) is 0 Å². The van der Waals surface area contributed by atoms with E-state index in [2.05, 4.69) is 25.3 Å². The maximum atomic E-state index is 12.3. The van der Waals surface area contributed by atoms with Gasteiger partial charge in [0, 0.05) is 29.4 Å². The number of amides is 1. The van der Waals surface area contributed by atoms with Crippen LogP contribution in [-0.2, 0) is 6.42 Å². The minimum absolute atomic E-state index is 0.158. The number of aromatic amines is 1. The van der Waals surface area contributed by atoms with Crippen molar-refractivity contribution in [3.8, 4) is 11.5 Å². The fourth-order valence-electron chi connectivity index (χ4n) is 2.89. The predicted molar refractivity (Wildman–Crippen MR) is 89.8 cm³/mol.